The molecule has 1 fully saturated rings. The quantitative estimate of drug-likeness (QED) is 0.562. The van der Waals surface area contributed by atoms with Gasteiger partial charge in [0, 0.05) is 19.0 Å². The van der Waals surface area contributed by atoms with Crippen molar-refractivity contribution in [1.29, 1.82) is 0 Å². The first kappa shape index (κ1) is 22.1. The van der Waals surface area contributed by atoms with E-state index < -0.39 is 17.5 Å². The Hall–Kier alpha value is -3.72. The Kier molecular flexibility index (Phi) is 5.57. The number of hydrogen-bond donors (Lipinski definition) is 2. The highest BCUT2D eigenvalue weighted by molar-refractivity contribution is 7.17. The Morgan fingerprint density at radius 2 is 1.79 bits per heavy atom. The number of rotatable bonds is 5. The summed E-state index contributed by atoms with van der Waals surface area (Å²) in [5.74, 6) is -1.25. The number of ether oxygens (including phenoxy) is 1. The average Bonchev–Trinajstić information content (AvgIpc) is 3.54. The fourth-order valence-electron chi connectivity index (χ4n) is 4.62. The standard InChI is InChI=1S/C25H23N3O5S/c1-25(22(30)31)10-11-28(14-25)21(29)20-12-26-23(34-20)27-24(32)33-13-19-17-8-4-2-6-15(17)16-7-3-5-9-18(16)19/h2-9,12,19H,10-11,13-14H2,1H3,(H,30,31)(H,26,27,32). The second-order valence-electron chi connectivity index (χ2n) is 8.82. The molecule has 1 atom stereocenters. The summed E-state index contributed by atoms with van der Waals surface area (Å²) in [4.78, 5) is 42.6. The fourth-order valence-corrected chi connectivity index (χ4v) is 5.39. The molecule has 2 amide bonds. The van der Waals surface area contributed by atoms with Crippen molar-refractivity contribution in [3.8, 4) is 11.1 Å². The Balaban J connectivity index is 1.21. The number of carbonyl (C=O) groups is 3. The molecule has 9 heteroatoms. The highest BCUT2D eigenvalue weighted by Crippen LogP contribution is 2.44. The molecule has 0 bridgehead atoms. The number of carbonyl (C=O) groups excluding carboxylic acids is 2. The van der Waals surface area contributed by atoms with Gasteiger partial charge >= 0.3 is 12.1 Å². The molecule has 174 valence electrons. The van der Waals surface area contributed by atoms with Gasteiger partial charge in [-0.05, 0) is 35.6 Å². The van der Waals surface area contributed by atoms with Crippen molar-refractivity contribution in [2.75, 3.05) is 25.0 Å². The number of fused-ring (bicyclic) bond motifs is 3. The van der Waals surface area contributed by atoms with Gasteiger partial charge in [-0.2, -0.15) is 0 Å². The number of thiazole rings is 1. The molecule has 1 unspecified atom stereocenters. The maximum absolute atomic E-state index is 12.7. The molecule has 1 aromatic heterocycles. The van der Waals surface area contributed by atoms with Gasteiger partial charge in [0.15, 0.2) is 5.13 Å². The van der Waals surface area contributed by atoms with Crippen LogP contribution in [0.2, 0.25) is 0 Å². The number of aliphatic carboxylic acids is 1. The number of carboxylic acids is 1. The van der Waals surface area contributed by atoms with Crippen LogP contribution in [-0.2, 0) is 9.53 Å². The maximum Gasteiger partial charge on any atom is 0.413 e. The van der Waals surface area contributed by atoms with Crippen LogP contribution in [0.15, 0.2) is 54.7 Å². The molecule has 5 rings (SSSR count). The smallest absolute Gasteiger partial charge is 0.413 e. The summed E-state index contributed by atoms with van der Waals surface area (Å²) in [6.45, 7) is 2.33. The lowest BCUT2D eigenvalue weighted by molar-refractivity contribution is -0.147. The predicted octanol–water partition coefficient (Wildman–Crippen LogP) is 4.44. The van der Waals surface area contributed by atoms with Crippen molar-refractivity contribution in [1.82, 2.24) is 9.88 Å². The largest absolute Gasteiger partial charge is 0.481 e. The Morgan fingerprint density at radius 3 is 2.41 bits per heavy atom. The van der Waals surface area contributed by atoms with Crippen LogP contribution >= 0.6 is 11.3 Å². The molecule has 34 heavy (non-hydrogen) atoms. The minimum absolute atomic E-state index is 0.0507. The summed E-state index contributed by atoms with van der Waals surface area (Å²) in [7, 11) is 0. The minimum Gasteiger partial charge on any atom is -0.481 e. The van der Waals surface area contributed by atoms with E-state index >= 15 is 0 Å². The van der Waals surface area contributed by atoms with Crippen molar-refractivity contribution >= 4 is 34.4 Å². The van der Waals surface area contributed by atoms with Gasteiger partial charge in [0.2, 0.25) is 0 Å². The van der Waals surface area contributed by atoms with E-state index in [9.17, 15) is 19.5 Å². The second kappa shape index (κ2) is 8.57. The molecular weight excluding hydrogens is 454 g/mol. The Bertz CT molecular complexity index is 1240. The van der Waals surface area contributed by atoms with E-state index in [4.69, 9.17) is 4.74 Å². The summed E-state index contributed by atoms with van der Waals surface area (Å²) in [5, 5.41) is 12.2. The molecule has 8 nitrogen and oxygen atoms in total. The monoisotopic (exact) mass is 477 g/mol. The molecule has 1 aliphatic heterocycles. The van der Waals surface area contributed by atoms with Crippen molar-refractivity contribution in [2.45, 2.75) is 19.3 Å². The van der Waals surface area contributed by atoms with E-state index in [0.717, 1.165) is 33.6 Å². The van der Waals surface area contributed by atoms with Crippen LogP contribution in [0.5, 0.6) is 0 Å². The third-order valence-electron chi connectivity index (χ3n) is 6.55. The molecule has 2 N–H and O–H groups in total. The zero-order valence-corrected chi connectivity index (χ0v) is 19.3. The Morgan fingerprint density at radius 1 is 1.15 bits per heavy atom. The van der Waals surface area contributed by atoms with Gasteiger partial charge in [-0.25, -0.2) is 9.78 Å². The topological polar surface area (TPSA) is 109 Å². The third kappa shape index (κ3) is 3.92. The van der Waals surface area contributed by atoms with Crippen molar-refractivity contribution in [3.63, 3.8) is 0 Å². The van der Waals surface area contributed by atoms with Crippen LogP contribution in [0, 0.1) is 5.41 Å². The number of amides is 2. The SMILES string of the molecule is CC1(C(=O)O)CCN(C(=O)c2cnc(NC(=O)OCC3c4ccccc4-c4ccccc43)s2)C1. The number of nitrogens with one attached hydrogen (secondary N) is 1. The zero-order chi connectivity index (χ0) is 23.9. The normalized spacial score (nSPS) is 18.9. The van der Waals surface area contributed by atoms with Crippen LogP contribution < -0.4 is 5.32 Å². The zero-order valence-electron chi connectivity index (χ0n) is 18.5. The van der Waals surface area contributed by atoms with Crippen molar-refractivity contribution in [2.24, 2.45) is 5.41 Å². The molecular formula is C25H23N3O5S. The van der Waals surface area contributed by atoms with E-state index in [1.165, 1.54) is 11.1 Å². The molecule has 1 aliphatic carbocycles. The lowest BCUT2D eigenvalue weighted by Crippen LogP contribution is -2.34. The molecule has 2 heterocycles. The van der Waals surface area contributed by atoms with Crippen molar-refractivity contribution < 1.29 is 24.2 Å². The molecule has 1 saturated heterocycles. The molecule has 2 aliphatic rings. The van der Waals surface area contributed by atoms with Gasteiger partial charge in [-0.1, -0.05) is 59.9 Å². The number of anilines is 1. The highest BCUT2D eigenvalue weighted by atomic mass is 32.1. The van der Waals surface area contributed by atoms with E-state index in [1.807, 2.05) is 36.4 Å². The number of aromatic nitrogens is 1. The first-order chi connectivity index (χ1) is 16.4. The van der Waals surface area contributed by atoms with E-state index in [1.54, 1.807) is 6.92 Å². The summed E-state index contributed by atoms with van der Waals surface area (Å²) in [5.41, 5.74) is 3.60. The average molecular weight is 478 g/mol. The van der Waals surface area contributed by atoms with Crippen LogP contribution in [0.1, 0.15) is 40.1 Å². The number of likely N-dealkylation sites (tertiary alicyclic amines) is 1. The second-order valence-corrected chi connectivity index (χ2v) is 9.85. The summed E-state index contributed by atoms with van der Waals surface area (Å²) < 4.78 is 5.52. The summed E-state index contributed by atoms with van der Waals surface area (Å²) >= 11 is 1.04. The van der Waals surface area contributed by atoms with E-state index in [2.05, 4.69) is 22.4 Å². The first-order valence-electron chi connectivity index (χ1n) is 11.0. The molecule has 0 radical (unpaired) electrons. The van der Waals surface area contributed by atoms with Gasteiger partial charge in [0.25, 0.3) is 5.91 Å². The fraction of sp³-hybridized carbons (Fsp3) is 0.280. The number of benzene rings is 2. The molecule has 3 aromatic rings. The predicted molar refractivity (Wildman–Crippen MR) is 127 cm³/mol. The van der Waals surface area contributed by atoms with Gasteiger partial charge in [0.05, 0.1) is 11.6 Å². The molecule has 2 aromatic carbocycles. The number of carboxylic acid groups (broad SMARTS) is 1. The first-order valence-corrected chi connectivity index (χ1v) is 11.8. The van der Waals surface area contributed by atoms with E-state index in [0.29, 0.717) is 17.8 Å². The van der Waals surface area contributed by atoms with Gasteiger partial charge in [-0.15, -0.1) is 0 Å². The summed E-state index contributed by atoms with van der Waals surface area (Å²) in [6, 6.07) is 16.2. The lowest BCUT2D eigenvalue weighted by atomic mass is 9.90. The minimum atomic E-state index is -0.942. The van der Waals surface area contributed by atoms with Crippen LogP contribution in [0.4, 0.5) is 9.93 Å². The van der Waals surface area contributed by atoms with Gasteiger partial charge in [0.1, 0.15) is 11.5 Å². The molecule has 0 saturated carbocycles. The van der Waals surface area contributed by atoms with E-state index in [-0.39, 0.29) is 30.1 Å². The van der Waals surface area contributed by atoms with Crippen molar-refractivity contribution in [3.05, 3.63) is 70.7 Å². The van der Waals surface area contributed by atoms with Crippen LogP contribution in [-0.4, -0.2) is 52.7 Å². The maximum atomic E-state index is 12.7. The lowest BCUT2D eigenvalue weighted by Gasteiger charge is -2.19. The van der Waals surface area contributed by atoms with Crippen LogP contribution in [0.25, 0.3) is 11.1 Å². The van der Waals surface area contributed by atoms with Crippen LogP contribution in [0.3, 0.4) is 0 Å². The van der Waals surface area contributed by atoms with Gasteiger partial charge < -0.3 is 14.7 Å². The number of hydrogen-bond acceptors (Lipinski definition) is 6. The number of nitrogens with zero attached hydrogens (tertiary/aromatic N) is 2. The summed E-state index contributed by atoms with van der Waals surface area (Å²) in [6.07, 6.45) is 1.15. The highest BCUT2D eigenvalue weighted by Gasteiger charge is 2.42. The molecule has 0 spiro atoms. The third-order valence-corrected chi connectivity index (χ3v) is 7.45. The Labute approximate surface area is 200 Å². The van der Waals surface area contributed by atoms with Gasteiger partial charge in [-0.3, -0.25) is 14.9 Å².